The predicted molar refractivity (Wildman–Crippen MR) is 53.6 cm³/mol. The molecule has 0 aromatic rings. The van der Waals surface area contributed by atoms with Crippen LogP contribution in [0.5, 0.6) is 0 Å². The smallest absolute Gasteiger partial charge is 0.0688 e. The molecule has 2 rings (SSSR count). The SMILES string of the molecule is C=C1CCN2CC(O)CC12CCC. The Labute approximate surface area is 80.2 Å². The largest absolute Gasteiger partial charge is 0.392 e. The van der Waals surface area contributed by atoms with Crippen LogP contribution in [0.1, 0.15) is 32.6 Å². The summed E-state index contributed by atoms with van der Waals surface area (Å²) in [7, 11) is 0. The van der Waals surface area contributed by atoms with Crippen molar-refractivity contribution in [3.63, 3.8) is 0 Å². The molecule has 2 heterocycles. The number of hydrogen-bond donors (Lipinski definition) is 1. The van der Waals surface area contributed by atoms with Crippen LogP contribution >= 0.6 is 0 Å². The molecule has 2 heteroatoms. The molecule has 2 atom stereocenters. The number of rotatable bonds is 2. The van der Waals surface area contributed by atoms with Gasteiger partial charge in [0.15, 0.2) is 0 Å². The molecule has 0 saturated carbocycles. The van der Waals surface area contributed by atoms with Crippen LogP contribution in [-0.2, 0) is 0 Å². The van der Waals surface area contributed by atoms with Gasteiger partial charge in [-0.05, 0) is 19.3 Å². The predicted octanol–water partition coefficient (Wildman–Crippen LogP) is 1.55. The van der Waals surface area contributed by atoms with Crippen LogP contribution in [0.3, 0.4) is 0 Å². The summed E-state index contributed by atoms with van der Waals surface area (Å²) in [6, 6.07) is 0. The zero-order valence-electron chi connectivity index (χ0n) is 8.42. The second-order valence-corrected chi connectivity index (χ2v) is 4.44. The van der Waals surface area contributed by atoms with Crippen LogP contribution in [0, 0.1) is 0 Å². The lowest BCUT2D eigenvalue weighted by Crippen LogP contribution is -2.38. The molecule has 74 valence electrons. The van der Waals surface area contributed by atoms with E-state index in [4.69, 9.17) is 0 Å². The van der Waals surface area contributed by atoms with E-state index in [9.17, 15) is 5.11 Å². The topological polar surface area (TPSA) is 23.5 Å². The van der Waals surface area contributed by atoms with E-state index in [-0.39, 0.29) is 11.6 Å². The Balaban J connectivity index is 2.22. The summed E-state index contributed by atoms with van der Waals surface area (Å²) in [5.41, 5.74) is 1.53. The first kappa shape index (κ1) is 9.22. The van der Waals surface area contributed by atoms with Gasteiger partial charge in [-0.15, -0.1) is 0 Å². The summed E-state index contributed by atoms with van der Waals surface area (Å²) in [5.74, 6) is 0. The minimum atomic E-state index is -0.122. The van der Waals surface area contributed by atoms with E-state index in [1.165, 1.54) is 18.4 Å². The molecule has 0 amide bonds. The third-order valence-electron chi connectivity index (χ3n) is 3.61. The minimum Gasteiger partial charge on any atom is -0.392 e. The average Bonchev–Trinajstić information content (AvgIpc) is 2.51. The number of hydrogen-bond acceptors (Lipinski definition) is 2. The van der Waals surface area contributed by atoms with E-state index < -0.39 is 0 Å². The number of aliphatic hydroxyl groups excluding tert-OH is 1. The van der Waals surface area contributed by atoms with Gasteiger partial charge in [0, 0.05) is 18.6 Å². The van der Waals surface area contributed by atoms with Gasteiger partial charge in [-0.2, -0.15) is 0 Å². The Morgan fingerprint density at radius 1 is 1.69 bits per heavy atom. The van der Waals surface area contributed by atoms with Gasteiger partial charge >= 0.3 is 0 Å². The van der Waals surface area contributed by atoms with Crippen LogP contribution in [0.4, 0.5) is 0 Å². The van der Waals surface area contributed by atoms with Crippen LogP contribution in [0.2, 0.25) is 0 Å². The maximum absolute atomic E-state index is 9.66. The van der Waals surface area contributed by atoms with Crippen molar-refractivity contribution < 1.29 is 5.11 Å². The van der Waals surface area contributed by atoms with Gasteiger partial charge in [0.25, 0.3) is 0 Å². The summed E-state index contributed by atoms with van der Waals surface area (Å²) >= 11 is 0. The fourth-order valence-electron chi connectivity index (χ4n) is 3.04. The molecule has 2 unspecified atom stereocenters. The quantitative estimate of drug-likeness (QED) is 0.653. The van der Waals surface area contributed by atoms with Gasteiger partial charge in [0.2, 0.25) is 0 Å². The molecule has 2 fully saturated rings. The van der Waals surface area contributed by atoms with Gasteiger partial charge < -0.3 is 5.11 Å². The highest BCUT2D eigenvalue weighted by Gasteiger charge is 2.49. The van der Waals surface area contributed by atoms with E-state index in [1.807, 2.05) is 0 Å². The van der Waals surface area contributed by atoms with Crippen molar-refractivity contribution in [2.45, 2.75) is 44.2 Å². The fraction of sp³-hybridized carbons (Fsp3) is 0.818. The Hall–Kier alpha value is -0.340. The summed E-state index contributed by atoms with van der Waals surface area (Å²) in [6.07, 6.45) is 4.28. The number of aliphatic hydroxyl groups is 1. The zero-order valence-corrected chi connectivity index (χ0v) is 8.42. The summed E-state index contributed by atoms with van der Waals surface area (Å²) in [5, 5.41) is 9.66. The summed E-state index contributed by atoms with van der Waals surface area (Å²) in [4.78, 5) is 2.43. The summed E-state index contributed by atoms with van der Waals surface area (Å²) < 4.78 is 0. The van der Waals surface area contributed by atoms with Crippen molar-refractivity contribution >= 4 is 0 Å². The Bertz CT molecular complexity index is 226. The van der Waals surface area contributed by atoms with Gasteiger partial charge in [-0.3, -0.25) is 4.90 Å². The molecule has 0 aliphatic carbocycles. The van der Waals surface area contributed by atoms with Crippen molar-refractivity contribution in [3.05, 3.63) is 12.2 Å². The Morgan fingerprint density at radius 2 is 2.46 bits per heavy atom. The third kappa shape index (κ3) is 1.24. The van der Waals surface area contributed by atoms with Crippen molar-refractivity contribution in [1.29, 1.82) is 0 Å². The second kappa shape index (κ2) is 3.10. The van der Waals surface area contributed by atoms with Gasteiger partial charge in [-0.1, -0.05) is 25.5 Å². The van der Waals surface area contributed by atoms with Gasteiger partial charge in [0.05, 0.1) is 6.10 Å². The first-order valence-electron chi connectivity index (χ1n) is 5.30. The third-order valence-corrected chi connectivity index (χ3v) is 3.61. The molecule has 1 N–H and O–H groups in total. The monoisotopic (exact) mass is 181 g/mol. The van der Waals surface area contributed by atoms with Crippen LogP contribution < -0.4 is 0 Å². The van der Waals surface area contributed by atoms with Crippen molar-refractivity contribution in [1.82, 2.24) is 4.90 Å². The van der Waals surface area contributed by atoms with E-state index in [2.05, 4.69) is 18.4 Å². The van der Waals surface area contributed by atoms with E-state index in [0.29, 0.717) is 0 Å². The standard InChI is InChI=1S/C11H19NO/c1-3-5-11-7-10(13)8-12(11)6-4-9(11)2/h10,13H,2-8H2,1H3. The van der Waals surface area contributed by atoms with Crippen molar-refractivity contribution in [2.24, 2.45) is 0 Å². The number of fused-ring (bicyclic) bond motifs is 1. The van der Waals surface area contributed by atoms with Crippen molar-refractivity contribution in [2.75, 3.05) is 13.1 Å². The van der Waals surface area contributed by atoms with Gasteiger partial charge in [-0.25, -0.2) is 0 Å². The first-order valence-corrected chi connectivity index (χ1v) is 5.30. The molecule has 2 nitrogen and oxygen atoms in total. The lowest BCUT2D eigenvalue weighted by atomic mass is 9.85. The molecule has 2 saturated heterocycles. The Morgan fingerprint density at radius 3 is 3.15 bits per heavy atom. The molecular formula is C11H19NO. The molecule has 0 spiro atoms. The van der Waals surface area contributed by atoms with Crippen molar-refractivity contribution in [3.8, 4) is 0 Å². The van der Waals surface area contributed by atoms with E-state index in [1.54, 1.807) is 0 Å². The van der Waals surface area contributed by atoms with E-state index >= 15 is 0 Å². The van der Waals surface area contributed by atoms with Crippen LogP contribution in [-0.4, -0.2) is 34.7 Å². The summed E-state index contributed by atoms with van der Waals surface area (Å²) in [6.45, 7) is 8.35. The molecule has 0 bridgehead atoms. The molecule has 2 aliphatic rings. The highest BCUT2D eigenvalue weighted by Crippen LogP contribution is 2.44. The molecular weight excluding hydrogens is 162 g/mol. The van der Waals surface area contributed by atoms with Crippen LogP contribution in [0.25, 0.3) is 0 Å². The van der Waals surface area contributed by atoms with E-state index in [0.717, 1.165) is 25.9 Å². The average molecular weight is 181 g/mol. The molecule has 0 aromatic heterocycles. The molecule has 0 aromatic carbocycles. The normalized spacial score (nSPS) is 39.8. The zero-order chi connectivity index (χ0) is 9.47. The first-order chi connectivity index (χ1) is 6.19. The lowest BCUT2D eigenvalue weighted by Gasteiger charge is -2.32. The highest BCUT2D eigenvalue weighted by atomic mass is 16.3. The molecule has 2 aliphatic heterocycles. The maximum Gasteiger partial charge on any atom is 0.0688 e. The molecule has 13 heavy (non-hydrogen) atoms. The Kier molecular flexibility index (Phi) is 2.20. The van der Waals surface area contributed by atoms with Gasteiger partial charge in [0.1, 0.15) is 0 Å². The second-order valence-electron chi connectivity index (χ2n) is 4.44. The maximum atomic E-state index is 9.66. The highest BCUT2D eigenvalue weighted by molar-refractivity contribution is 5.26. The van der Waals surface area contributed by atoms with Crippen LogP contribution in [0.15, 0.2) is 12.2 Å². The fourth-order valence-corrected chi connectivity index (χ4v) is 3.04. The lowest BCUT2D eigenvalue weighted by molar-refractivity contribution is 0.177. The minimum absolute atomic E-state index is 0.122. The number of β-amino-alcohol motifs (C(OH)–C–C–N with tert-alkyl or cyclic N) is 1. The number of nitrogens with zero attached hydrogens (tertiary/aromatic N) is 1. The molecule has 0 radical (unpaired) electrons.